The van der Waals surface area contributed by atoms with Gasteiger partial charge in [0.15, 0.2) is 0 Å². The zero-order valence-electron chi connectivity index (χ0n) is 13.1. The second-order valence-electron chi connectivity index (χ2n) is 5.46. The maximum absolute atomic E-state index is 12.4. The van der Waals surface area contributed by atoms with E-state index in [0.717, 1.165) is 18.5 Å². The molecule has 0 spiro atoms. The number of halogens is 1. The number of nitrogens with zero attached hydrogens (tertiary/aromatic N) is 1. The molecular weight excluding hydrogens is 326 g/mol. The van der Waals surface area contributed by atoms with E-state index in [0.29, 0.717) is 22.6 Å². The summed E-state index contributed by atoms with van der Waals surface area (Å²) in [5, 5.41) is 15.1. The number of carbonyl (C=O) groups excluding carboxylic acids is 1. The number of nitriles is 1. The molecule has 1 heterocycles. The van der Waals surface area contributed by atoms with E-state index in [1.54, 1.807) is 12.1 Å². The van der Waals surface area contributed by atoms with Gasteiger partial charge < -0.3 is 10.1 Å². The number of hydrogen-bond acceptors (Lipinski definition) is 4. The third-order valence-electron chi connectivity index (χ3n) is 3.98. The van der Waals surface area contributed by atoms with Gasteiger partial charge in [0.05, 0.1) is 12.7 Å². The van der Waals surface area contributed by atoms with Crippen molar-refractivity contribution in [3.8, 4) is 11.8 Å². The summed E-state index contributed by atoms with van der Waals surface area (Å²) in [6.45, 7) is 0.843. The molecule has 0 aromatic heterocycles. The topological polar surface area (TPSA) is 74.2 Å². The first-order valence-corrected chi connectivity index (χ1v) is 7.96. The van der Waals surface area contributed by atoms with Crippen LogP contribution in [-0.4, -0.2) is 19.6 Å². The molecule has 0 saturated carbocycles. The highest BCUT2D eigenvalue weighted by Gasteiger charge is 2.18. The molecule has 0 saturated heterocycles. The van der Waals surface area contributed by atoms with Gasteiger partial charge in [-0.2, -0.15) is 5.26 Å². The molecule has 0 bridgehead atoms. The summed E-state index contributed by atoms with van der Waals surface area (Å²) in [4.78, 5) is 12.4. The van der Waals surface area contributed by atoms with Gasteiger partial charge in [-0.05, 0) is 47.9 Å². The van der Waals surface area contributed by atoms with Crippen LogP contribution in [0.25, 0.3) is 0 Å². The maximum atomic E-state index is 12.4. The predicted molar refractivity (Wildman–Crippen MR) is 92.4 cm³/mol. The van der Waals surface area contributed by atoms with Crippen LogP contribution in [0.1, 0.15) is 32.5 Å². The van der Waals surface area contributed by atoms with E-state index in [1.165, 1.54) is 18.7 Å². The van der Waals surface area contributed by atoms with Gasteiger partial charge in [-0.3, -0.25) is 10.1 Å². The Hall–Kier alpha value is -2.55. The summed E-state index contributed by atoms with van der Waals surface area (Å²) >= 11 is 6.27. The summed E-state index contributed by atoms with van der Waals surface area (Å²) < 4.78 is 5.09. The van der Waals surface area contributed by atoms with Crippen molar-refractivity contribution in [1.82, 2.24) is 5.32 Å². The third-order valence-corrected chi connectivity index (χ3v) is 4.37. The van der Waals surface area contributed by atoms with Gasteiger partial charge in [0.1, 0.15) is 17.3 Å². The van der Waals surface area contributed by atoms with Gasteiger partial charge >= 0.3 is 0 Å². The van der Waals surface area contributed by atoms with Gasteiger partial charge in [-0.25, -0.2) is 0 Å². The number of ether oxygens (including phenoxy) is 1. The maximum Gasteiger partial charge on any atom is 0.255 e. The number of amides is 1. The summed E-state index contributed by atoms with van der Waals surface area (Å²) in [6.07, 6.45) is 0.913. The number of rotatable bonds is 3. The lowest BCUT2D eigenvalue weighted by Gasteiger charge is -2.23. The lowest BCUT2D eigenvalue weighted by molar-refractivity contribution is 0.102. The van der Waals surface area contributed by atoms with E-state index in [1.807, 2.05) is 24.3 Å². The van der Waals surface area contributed by atoms with E-state index < -0.39 is 0 Å². The highest BCUT2D eigenvalue weighted by Crippen LogP contribution is 2.28. The van der Waals surface area contributed by atoms with E-state index in [-0.39, 0.29) is 11.4 Å². The first-order valence-electron chi connectivity index (χ1n) is 7.52. The molecule has 0 radical (unpaired) electrons. The Morgan fingerprint density at radius 3 is 2.96 bits per heavy atom. The molecule has 3 rings (SSSR count). The quantitative estimate of drug-likeness (QED) is 0.664. The number of methoxy groups -OCH3 is 1. The molecule has 0 fully saturated rings. The van der Waals surface area contributed by atoms with Crippen LogP contribution in [0.2, 0.25) is 0 Å². The van der Waals surface area contributed by atoms with Gasteiger partial charge in [0.2, 0.25) is 0 Å². The minimum absolute atomic E-state index is 0.253. The first-order chi connectivity index (χ1) is 11.6. The fourth-order valence-corrected chi connectivity index (χ4v) is 3.03. The second-order valence-corrected chi connectivity index (χ2v) is 5.90. The molecule has 1 unspecified atom stereocenters. The molecular formula is C18H16ClN3O2. The van der Waals surface area contributed by atoms with E-state index in [9.17, 15) is 4.79 Å². The van der Waals surface area contributed by atoms with Crippen molar-refractivity contribution in [2.45, 2.75) is 11.9 Å². The largest absolute Gasteiger partial charge is 0.495 e. The SMILES string of the molecule is COc1ccc(C(=O)Nc2ccc3c(c2)C(Cl)NCC3)cc1C#N. The third kappa shape index (κ3) is 3.21. The molecule has 24 heavy (non-hydrogen) atoms. The number of nitrogens with one attached hydrogen (secondary N) is 2. The number of fused-ring (bicyclic) bond motifs is 1. The predicted octanol–water partition coefficient (Wildman–Crippen LogP) is 3.20. The van der Waals surface area contributed by atoms with Crippen molar-refractivity contribution < 1.29 is 9.53 Å². The summed E-state index contributed by atoms with van der Waals surface area (Å²) in [5.74, 6) is 0.155. The number of alkyl halides is 1. The van der Waals surface area contributed by atoms with Crippen molar-refractivity contribution in [1.29, 1.82) is 5.26 Å². The highest BCUT2D eigenvalue weighted by molar-refractivity contribution is 6.20. The van der Waals surface area contributed by atoms with E-state index in [4.69, 9.17) is 21.6 Å². The number of anilines is 1. The van der Waals surface area contributed by atoms with Crippen molar-refractivity contribution in [3.63, 3.8) is 0 Å². The van der Waals surface area contributed by atoms with Crippen molar-refractivity contribution in [2.75, 3.05) is 19.0 Å². The Labute approximate surface area is 145 Å². The smallest absolute Gasteiger partial charge is 0.255 e. The number of carbonyl (C=O) groups is 1. The van der Waals surface area contributed by atoms with Gasteiger partial charge in [0, 0.05) is 17.8 Å². The molecule has 0 aliphatic carbocycles. The molecule has 5 nitrogen and oxygen atoms in total. The standard InChI is InChI=1S/C18H16ClN3O2/c1-24-16-5-3-12(8-13(16)10-20)18(23)22-14-4-2-11-6-7-21-17(19)15(11)9-14/h2-5,8-9,17,21H,6-7H2,1H3,(H,22,23). The lowest BCUT2D eigenvalue weighted by Crippen LogP contribution is -2.26. The van der Waals surface area contributed by atoms with Crippen LogP contribution in [0.15, 0.2) is 36.4 Å². The second kappa shape index (κ2) is 6.91. The van der Waals surface area contributed by atoms with Gasteiger partial charge in [-0.1, -0.05) is 6.07 Å². The molecule has 1 aliphatic rings. The highest BCUT2D eigenvalue weighted by atomic mass is 35.5. The van der Waals surface area contributed by atoms with Gasteiger partial charge in [0.25, 0.3) is 5.91 Å². The lowest BCUT2D eigenvalue weighted by atomic mass is 10.00. The van der Waals surface area contributed by atoms with E-state index in [2.05, 4.69) is 10.6 Å². The molecule has 2 N–H and O–H groups in total. The average molecular weight is 342 g/mol. The Morgan fingerprint density at radius 2 is 2.21 bits per heavy atom. The van der Waals surface area contributed by atoms with Crippen LogP contribution in [0.4, 0.5) is 5.69 Å². The van der Waals surface area contributed by atoms with Crippen LogP contribution in [0.5, 0.6) is 5.75 Å². The van der Waals surface area contributed by atoms with Crippen LogP contribution in [0, 0.1) is 11.3 Å². The minimum Gasteiger partial charge on any atom is -0.495 e. The zero-order valence-corrected chi connectivity index (χ0v) is 13.9. The fraction of sp³-hybridized carbons (Fsp3) is 0.222. The van der Waals surface area contributed by atoms with Gasteiger partial charge in [-0.15, -0.1) is 11.6 Å². The molecule has 122 valence electrons. The Balaban J connectivity index is 1.83. The Bertz CT molecular complexity index is 829. The van der Waals surface area contributed by atoms with Crippen LogP contribution < -0.4 is 15.4 Å². The monoisotopic (exact) mass is 341 g/mol. The van der Waals surface area contributed by atoms with Crippen molar-refractivity contribution in [3.05, 3.63) is 58.7 Å². The Morgan fingerprint density at radius 1 is 1.38 bits per heavy atom. The minimum atomic E-state index is -0.288. The average Bonchev–Trinajstić information content (AvgIpc) is 2.61. The molecule has 2 aromatic carbocycles. The molecule has 6 heteroatoms. The number of hydrogen-bond donors (Lipinski definition) is 2. The van der Waals surface area contributed by atoms with Crippen molar-refractivity contribution >= 4 is 23.2 Å². The summed E-state index contributed by atoms with van der Waals surface area (Å²) in [5.41, 5.74) is 3.29. The van der Waals surface area contributed by atoms with Crippen molar-refractivity contribution in [2.24, 2.45) is 0 Å². The first kappa shape index (κ1) is 16.3. The molecule has 2 aromatic rings. The zero-order chi connectivity index (χ0) is 17.1. The van der Waals surface area contributed by atoms with Crippen LogP contribution >= 0.6 is 11.6 Å². The summed E-state index contributed by atoms with van der Waals surface area (Å²) in [7, 11) is 1.49. The fourth-order valence-electron chi connectivity index (χ4n) is 2.72. The molecule has 1 atom stereocenters. The Kier molecular flexibility index (Phi) is 4.70. The van der Waals surface area contributed by atoms with Crippen LogP contribution in [0.3, 0.4) is 0 Å². The van der Waals surface area contributed by atoms with E-state index >= 15 is 0 Å². The number of benzene rings is 2. The molecule has 1 aliphatic heterocycles. The molecule has 1 amide bonds. The van der Waals surface area contributed by atoms with Crippen LogP contribution in [-0.2, 0) is 6.42 Å². The summed E-state index contributed by atoms with van der Waals surface area (Å²) in [6, 6.07) is 12.5. The normalized spacial score (nSPS) is 16.0.